The van der Waals surface area contributed by atoms with Gasteiger partial charge in [0, 0.05) is 13.5 Å². The van der Waals surface area contributed by atoms with Gasteiger partial charge < -0.3 is 9.84 Å². The summed E-state index contributed by atoms with van der Waals surface area (Å²) in [5, 5.41) is 7.24. The van der Waals surface area contributed by atoms with Crippen molar-refractivity contribution in [2.75, 3.05) is 7.11 Å². The van der Waals surface area contributed by atoms with Gasteiger partial charge in [-0.1, -0.05) is 41.9 Å². The van der Waals surface area contributed by atoms with E-state index in [2.05, 4.69) is 0 Å². The highest BCUT2D eigenvalue weighted by atomic mass is 35.5. The zero-order valence-corrected chi connectivity index (χ0v) is 9.20. The summed E-state index contributed by atoms with van der Waals surface area (Å²) < 4.78 is 4.79. The number of aliphatic carboxylic acids is 1. The molecule has 0 aliphatic rings. The Hall–Kier alpha value is -1.06. The van der Waals surface area contributed by atoms with Gasteiger partial charge in [-0.2, -0.15) is 0 Å². The molecule has 82 valence electrons. The van der Waals surface area contributed by atoms with Crippen LogP contribution in [0.25, 0.3) is 0 Å². The summed E-state index contributed by atoms with van der Waals surface area (Å²) >= 11 is 5.79. The minimum Gasteiger partial charge on any atom is -0.478 e. The predicted molar refractivity (Wildman–Crippen MR) is 58.0 cm³/mol. The molecule has 0 aromatic heterocycles. The van der Waals surface area contributed by atoms with E-state index in [0.717, 1.165) is 5.56 Å². The van der Waals surface area contributed by atoms with Crippen molar-refractivity contribution < 1.29 is 14.6 Å². The number of hydrogen-bond acceptors (Lipinski definition) is 2. The van der Waals surface area contributed by atoms with Gasteiger partial charge in [0.05, 0.1) is 0 Å². The van der Waals surface area contributed by atoms with Crippen LogP contribution in [0, 0.1) is 0 Å². The predicted octanol–water partition coefficient (Wildman–Crippen LogP) is 2.29. The topological polar surface area (TPSA) is 46.5 Å². The Labute approximate surface area is 93.6 Å². The molecule has 15 heavy (non-hydrogen) atoms. The first-order valence-corrected chi connectivity index (χ1v) is 4.97. The summed E-state index contributed by atoms with van der Waals surface area (Å²) in [6.07, 6.45) is 0.814. The molecule has 1 atom stereocenters. The molecule has 0 heterocycles. The number of halogens is 1. The molecular weight excluding hydrogens is 216 g/mol. The molecular formula is C11H13ClO3. The Morgan fingerprint density at radius 2 is 2.07 bits per heavy atom. The molecule has 4 heteroatoms. The lowest BCUT2D eigenvalue weighted by atomic mass is 10.1. The van der Waals surface area contributed by atoms with Crippen LogP contribution >= 0.6 is 11.6 Å². The fraction of sp³-hybridized carbons (Fsp3) is 0.364. The summed E-state index contributed by atoms with van der Waals surface area (Å²) in [5.74, 6) is -1.15. The van der Waals surface area contributed by atoms with Gasteiger partial charge in [0.25, 0.3) is 0 Å². The molecule has 1 rings (SSSR count). The average Bonchev–Trinajstić information content (AvgIpc) is 2.27. The van der Waals surface area contributed by atoms with Crippen molar-refractivity contribution in [1.29, 1.82) is 0 Å². The third-order valence-electron chi connectivity index (χ3n) is 2.22. The van der Waals surface area contributed by atoms with Crippen LogP contribution in [0.1, 0.15) is 12.0 Å². The Balaban J connectivity index is 2.59. The van der Waals surface area contributed by atoms with Gasteiger partial charge in [-0.3, -0.25) is 0 Å². The first kappa shape index (κ1) is 12.0. The van der Waals surface area contributed by atoms with Crippen molar-refractivity contribution in [3.63, 3.8) is 0 Å². The lowest BCUT2D eigenvalue weighted by molar-refractivity contribution is -0.153. The number of methoxy groups -OCH3 is 1. The van der Waals surface area contributed by atoms with Crippen molar-refractivity contribution in [3.8, 4) is 0 Å². The SMILES string of the molecule is COC(Cl)(CCc1ccccc1)C(=O)O. The molecule has 1 aromatic rings. The molecule has 0 bridgehead atoms. The molecule has 1 aromatic carbocycles. The van der Waals surface area contributed by atoms with E-state index in [1.807, 2.05) is 30.3 Å². The summed E-state index contributed by atoms with van der Waals surface area (Å²) in [6.45, 7) is 0. The molecule has 3 nitrogen and oxygen atoms in total. The molecule has 0 spiro atoms. The van der Waals surface area contributed by atoms with Crippen LogP contribution in [0.3, 0.4) is 0 Å². The fourth-order valence-electron chi connectivity index (χ4n) is 1.25. The monoisotopic (exact) mass is 228 g/mol. The third kappa shape index (κ3) is 3.22. The van der Waals surface area contributed by atoms with Gasteiger partial charge in [0.15, 0.2) is 0 Å². The van der Waals surface area contributed by atoms with Crippen molar-refractivity contribution in [2.24, 2.45) is 0 Å². The van der Waals surface area contributed by atoms with Gasteiger partial charge in [-0.15, -0.1) is 0 Å². The maximum absolute atomic E-state index is 10.8. The van der Waals surface area contributed by atoms with Crippen LogP contribution in [0.2, 0.25) is 0 Å². The maximum Gasteiger partial charge on any atom is 0.351 e. The Bertz CT molecular complexity index is 326. The minimum atomic E-state index is -1.62. The Morgan fingerprint density at radius 1 is 1.47 bits per heavy atom. The first-order valence-electron chi connectivity index (χ1n) is 4.60. The van der Waals surface area contributed by atoms with Crippen LogP contribution in [0.15, 0.2) is 30.3 Å². The van der Waals surface area contributed by atoms with E-state index >= 15 is 0 Å². The number of carboxylic acids is 1. The van der Waals surface area contributed by atoms with Gasteiger partial charge in [0.2, 0.25) is 5.06 Å². The van der Waals surface area contributed by atoms with E-state index < -0.39 is 11.0 Å². The molecule has 0 amide bonds. The lowest BCUT2D eigenvalue weighted by Crippen LogP contribution is -2.34. The standard InChI is InChI=1S/C11H13ClO3/c1-15-11(12,10(13)14)8-7-9-5-3-2-4-6-9/h2-6H,7-8H2,1H3,(H,13,14). The summed E-state index contributed by atoms with van der Waals surface area (Å²) in [4.78, 5) is 10.8. The van der Waals surface area contributed by atoms with Crippen LogP contribution in [0.4, 0.5) is 0 Å². The second-order valence-electron chi connectivity index (χ2n) is 3.22. The van der Waals surface area contributed by atoms with E-state index in [1.54, 1.807) is 0 Å². The van der Waals surface area contributed by atoms with Gasteiger partial charge in [0.1, 0.15) is 0 Å². The number of hydrogen-bond donors (Lipinski definition) is 1. The molecule has 1 unspecified atom stereocenters. The highest BCUT2D eigenvalue weighted by Crippen LogP contribution is 2.23. The van der Waals surface area contributed by atoms with Crippen LogP contribution in [-0.4, -0.2) is 23.2 Å². The molecule has 0 fully saturated rings. The molecule has 0 saturated heterocycles. The average molecular weight is 229 g/mol. The van der Waals surface area contributed by atoms with E-state index in [-0.39, 0.29) is 6.42 Å². The minimum absolute atomic E-state index is 0.240. The molecule has 0 saturated carbocycles. The number of ether oxygens (including phenoxy) is 1. The second-order valence-corrected chi connectivity index (χ2v) is 3.83. The summed E-state index contributed by atoms with van der Waals surface area (Å²) in [6, 6.07) is 9.56. The highest BCUT2D eigenvalue weighted by molar-refractivity contribution is 6.32. The highest BCUT2D eigenvalue weighted by Gasteiger charge is 2.35. The number of aryl methyl sites for hydroxylation is 1. The number of rotatable bonds is 5. The third-order valence-corrected chi connectivity index (χ3v) is 2.73. The fourth-order valence-corrected chi connectivity index (χ4v) is 1.34. The smallest absolute Gasteiger partial charge is 0.351 e. The van der Waals surface area contributed by atoms with Crippen LogP contribution < -0.4 is 0 Å². The number of benzene rings is 1. The number of carbonyl (C=O) groups is 1. The van der Waals surface area contributed by atoms with E-state index in [1.165, 1.54) is 7.11 Å². The summed E-state index contributed by atoms with van der Waals surface area (Å²) in [7, 11) is 1.30. The second kappa shape index (κ2) is 5.14. The largest absolute Gasteiger partial charge is 0.478 e. The lowest BCUT2D eigenvalue weighted by Gasteiger charge is -2.20. The molecule has 0 radical (unpaired) electrons. The van der Waals surface area contributed by atoms with Crippen molar-refractivity contribution >= 4 is 17.6 Å². The first-order chi connectivity index (χ1) is 7.08. The number of carboxylic acid groups (broad SMARTS) is 1. The number of alkyl halides is 1. The van der Waals surface area contributed by atoms with E-state index in [0.29, 0.717) is 6.42 Å². The quantitative estimate of drug-likeness (QED) is 0.787. The maximum atomic E-state index is 10.8. The Kier molecular flexibility index (Phi) is 4.12. The molecule has 1 N–H and O–H groups in total. The van der Waals surface area contributed by atoms with Gasteiger partial charge in [-0.05, 0) is 12.0 Å². The zero-order valence-electron chi connectivity index (χ0n) is 8.44. The van der Waals surface area contributed by atoms with Crippen molar-refractivity contribution in [2.45, 2.75) is 17.9 Å². The van der Waals surface area contributed by atoms with Crippen LogP contribution in [0.5, 0.6) is 0 Å². The Morgan fingerprint density at radius 3 is 2.53 bits per heavy atom. The molecule has 0 aliphatic carbocycles. The summed E-state index contributed by atoms with van der Waals surface area (Å²) in [5.41, 5.74) is 1.04. The molecule has 0 aliphatic heterocycles. The zero-order chi connectivity index (χ0) is 11.3. The van der Waals surface area contributed by atoms with Gasteiger partial charge >= 0.3 is 5.97 Å². The van der Waals surface area contributed by atoms with Gasteiger partial charge in [-0.25, -0.2) is 4.79 Å². The van der Waals surface area contributed by atoms with Crippen molar-refractivity contribution in [1.82, 2.24) is 0 Å². The van der Waals surface area contributed by atoms with Crippen molar-refractivity contribution in [3.05, 3.63) is 35.9 Å². The van der Waals surface area contributed by atoms with E-state index in [4.69, 9.17) is 21.4 Å². The van der Waals surface area contributed by atoms with E-state index in [9.17, 15) is 4.79 Å². The normalized spacial score (nSPS) is 14.5. The van der Waals surface area contributed by atoms with Crippen LogP contribution in [-0.2, 0) is 16.0 Å².